The molecule has 1 aliphatic rings. The van der Waals surface area contributed by atoms with E-state index >= 15 is 0 Å². The molecule has 1 fully saturated rings. The van der Waals surface area contributed by atoms with E-state index in [0.717, 1.165) is 0 Å². The topological polar surface area (TPSA) is 66.9 Å². The Labute approximate surface area is 165 Å². The van der Waals surface area contributed by atoms with Crippen molar-refractivity contribution in [3.05, 3.63) is 33.8 Å². The number of carbonyl (C=O) groups excluding carboxylic acids is 1. The number of sulfonamides is 1. The third-order valence-corrected chi connectivity index (χ3v) is 6.46. The van der Waals surface area contributed by atoms with Gasteiger partial charge in [0, 0.05) is 35.7 Å². The van der Waals surface area contributed by atoms with Gasteiger partial charge in [-0.2, -0.15) is 4.31 Å². The summed E-state index contributed by atoms with van der Waals surface area (Å²) in [5.41, 5.74) is -0.131. The van der Waals surface area contributed by atoms with E-state index in [1.807, 2.05) is 0 Å². The minimum Gasteiger partial charge on any atom is -0.444 e. The summed E-state index contributed by atoms with van der Waals surface area (Å²) in [5.74, 6) is -0.233. The Bertz CT molecular complexity index is 777. The molecule has 2 rings (SSSR count). The number of piperazine rings is 1. The van der Waals surface area contributed by atoms with Crippen LogP contribution in [0.3, 0.4) is 0 Å². The average molecular weight is 423 g/mol. The maximum atomic E-state index is 12.8. The molecule has 1 aliphatic heterocycles. The van der Waals surface area contributed by atoms with Gasteiger partial charge in [-0.3, -0.25) is 0 Å². The predicted molar refractivity (Wildman–Crippen MR) is 103 cm³/mol. The Kier molecular flexibility index (Phi) is 6.48. The molecule has 1 heterocycles. The second-order valence-electron chi connectivity index (χ2n) is 7.38. The molecule has 0 bridgehead atoms. The first-order valence-electron chi connectivity index (χ1n) is 8.30. The van der Waals surface area contributed by atoms with Crippen molar-refractivity contribution in [3.8, 4) is 0 Å². The van der Waals surface area contributed by atoms with E-state index in [0.29, 0.717) is 15.6 Å². The Hall–Kier alpha value is -1.02. The van der Waals surface area contributed by atoms with Crippen LogP contribution in [-0.4, -0.2) is 55.0 Å². The van der Waals surface area contributed by atoms with Crippen LogP contribution in [0.1, 0.15) is 33.3 Å². The highest BCUT2D eigenvalue weighted by atomic mass is 35.5. The average Bonchev–Trinajstić information content (AvgIpc) is 2.48. The number of benzene rings is 1. The first-order chi connectivity index (χ1) is 11.9. The molecule has 26 heavy (non-hydrogen) atoms. The van der Waals surface area contributed by atoms with E-state index < -0.39 is 21.7 Å². The molecule has 1 atom stereocenters. The van der Waals surface area contributed by atoms with Gasteiger partial charge in [-0.05, 0) is 51.5 Å². The summed E-state index contributed by atoms with van der Waals surface area (Å²) in [6.45, 7) is 7.92. The zero-order valence-electron chi connectivity index (χ0n) is 15.3. The molecule has 6 nitrogen and oxygen atoms in total. The lowest BCUT2D eigenvalue weighted by molar-refractivity contribution is 0.0143. The van der Waals surface area contributed by atoms with Crippen LogP contribution in [0.5, 0.6) is 0 Å². The van der Waals surface area contributed by atoms with Crippen molar-refractivity contribution >= 4 is 39.3 Å². The van der Waals surface area contributed by atoms with Crippen molar-refractivity contribution in [1.82, 2.24) is 9.21 Å². The summed E-state index contributed by atoms with van der Waals surface area (Å²) in [6.07, 6.45) is -0.431. The number of carbonyl (C=O) groups is 1. The van der Waals surface area contributed by atoms with E-state index in [1.54, 1.807) is 45.9 Å². The summed E-state index contributed by atoms with van der Waals surface area (Å²) >= 11 is 12.0. The Balaban J connectivity index is 2.08. The van der Waals surface area contributed by atoms with Crippen molar-refractivity contribution in [1.29, 1.82) is 0 Å². The first kappa shape index (κ1) is 21.3. The smallest absolute Gasteiger partial charge is 0.410 e. The van der Waals surface area contributed by atoms with Crippen molar-refractivity contribution in [2.24, 2.45) is 0 Å². The van der Waals surface area contributed by atoms with Gasteiger partial charge in [0.05, 0.1) is 5.75 Å². The number of nitrogens with zero attached hydrogens (tertiary/aromatic N) is 2. The number of hydrogen-bond donors (Lipinski definition) is 0. The van der Waals surface area contributed by atoms with Crippen LogP contribution in [-0.2, 0) is 20.5 Å². The Morgan fingerprint density at radius 2 is 1.92 bits per heavy atom. The second kappa shape index (κ2) is 7.92. The fourth-order valence-electron chi connectivity index (χ4n) is 2.78. The van der Waals surface area contributed by atoms with Gasteiger partial charge < -0.3 is 9.64 Å². The van der Waals surface area contributed by atoms with Crippen LogP contribution in [0.25, 0.3) is 0 Å². The highest BCUT2D eigenvalue weighted by Crippen LogP contribution is 2.25. The van der Waals surface area contributed by atoms with Gasteiger partial charge in [0.1, 0.15) is 5.60 Å². The van der Waals surface area contributed by atoms with Crippen LogP contribution in [0, 0.1) is 0 Å². The maximum Gasteiger partial charge on any atom is 0.410 e. The quantitative estimate of drug-likeness (QED) is 0.743. The normalized spacial score (nSPS) is 19.5. The van der Waals surface area contributed by atoms with Gasteiger partial charge >= 0.3 is 6.09 Å². The molecular formula is C17H24Cl2N2O4S. The SMILES string of the molecule is C[C@H]1CN(C(=O)OC(C)(C)C)CCN1S(=O)(=O)Cc1cc(Cl)ccc1Cl. The van der Waals surface area contributed by atoms with E-state index in [4.69, 9.17) is 27.9 Å². The molecule has 0 radical (unpaired) electrons. The third kappa shape index (κ3) is 5.49. The van der Waals surface area contributed by atoms with Crippen LogP contribution in [0.4, 0.5) is 4.79 Å². The van der Waals surface area contributed by atoms with Crippen molar-refractivity contribution in [2.75, 3.05) is 19.6 Å². The molecule has 9 heteroatoms. The van der Waals surface area contributed by atoms with E-state index in [2.05, 4.69) is 0 Å². The molecule has 146 valence electrons. The molecular weight excluding hydrogens is 399 g/mol. The summed E-state index contributed by atoms with van der Waals surface area (Å²) < 4.78 is 32.4. The zero-order chi connectivity index (χ0) is 19.7. The fourth-order valence-corrected chi connectivity index (χ4v) is 5.01. The molecule has 0 N–H and O–H groups in total. The number of ether oxygens (including phenoxy) is 1. The summed E-state index contributed by atoms with van der Waals surface area (Å²) in [6, 6.07) is 4.39. The summed E-state index contributed by atoms with van der Waals surface area (Å²) in [5, 5.41) is 0.792. The van der Waals surface area contributed by atoms with Gasteiger partial charge in [0.15, 0.2) is 0 Å². The lowest BCUT2D eigenvalue weighted by atomic mass is 10.2. The third-order valence-electron chi connectivity index (χ3n) is 3.92. The number of halogens is 2. The molecule has 1 saturated heterocycles. The first-order valence-corrected chi connectivity index (χ1v) is 10.7. The molecule has 1 amide bonds. The molecule has 1 aromatic carbocycles. The van der Waals surface area contributed by atoms with Crippen molar-refractivity contribution in [2.45, 2.75) is 45.1 Å². The zero-order valence-corrected chi connectivity index (χ0v) is 17.7. The standard InChI is InChI=1S/C17H24Cl2N2O4S/c1-12-10-20(16(22)25-17(2,3)4)7-8-21(12)26(23,24)11-13-9-14(18)5-6-15(13)19/h5-6,9,12H,7-8,10-11H2,1-4H3/t12-/m0/s1. The van der Waals surface area contributed by atoms with Gasteiger partial charge in [-0.25, -0.2) is 13.2 Å². The van der Waals surface area contributed by atoms with Crippen LogP contribution >= 0.6 is 23.2 Å². The number of amides is 1. The maximum absolute atomic E-state index is 12.8. The highest BCUT2D eigenvalue weighted by Gasteiger charge is 2.35. The molecule has 0 spiro atoms. The van der Waals surface area contributed by atoms with Gasteiger partial charge in [0.2, 0.25) is 10.0 Å². The lowest BCUT2D eigenvalue weighted by Gasteiger charge is -2.39. The van der Waals surface area contributed by atoms with Crippen LogP contribution < -0.4 is 0 Å². The summed E-state index contributed by atoms with van der Waals surface area (Å²) in [7, 11) is -3.60. The van der Waals surface area contributed by atoms with E-state index in [9.17, 15) is 13.2 Å². The highest BCUT2D eigenvalue weighted by molar-refractivity contribution is 7.88. The molecule has 1 aromatic rings. The Morgan fingerprint density at radius 1 is 1.27 bits per heavy atom. The summed E-state index contributed by atoms with van der Waals surface area (Å²) in [4.78, 5) is 13.7. The minimum atomic E-state index is -3.60. The van der Waals surface area contributed by atoms with Crippen LogP contribution in [0.15, 0.2) is 18.2 Å². The fraction of sp³-hybridized carbons (Fsp3) is 0.588. The van der Waals surface area contributed by atoms with E-state index in [1.165, 1.54) is 9.21 Å². The molecule has 0 aromatic heterocycles. The van der Waals surface area contributed by atoms with Crippen molar-refractivity contribution in [3.63, 3.8) is 0 Å². The number of rotatable bonds is 3. The molecule has 0 aliphatic carbocycles. The second-order valence-corrected chi connectivity index (χ2v) is 10.1. The molecule has 0 unspecified atom stereocenters. The van der Waals surface area contributed by atoms with Gasteiger partial charge in [0.25, 0.3) is 0 Å². The van der Waals surface area contributed by atoms with Crippen molar-refractivity contribution < 1.29 is 17.9 Å². The number of hydrogen-bond acceptors (Lipinski definition) is 4. The largest absolute Gasteiger partial charge is 0.444 e. The van der Waals surface area contributed by atoms with Gasteiger partial charge in [-0.15, -0.1) is 0 Å². The lowest BCUT2D eigenvalue weighted by Crippen LogP contribution is -2.56. The van der Waals surface area contributed by atoms with Crippen LogP contribution in [0.2, 0.25) is 10.0 Å². The Morgan fingerprint density at radius 3 is 2.50 bits per heavy atom. The molecule has 0 saturated carbocycles. The van der Waals surface area contributed by atoms with E-state index in [-0.39, 0.29) is 31.4 Å². The minimum absolute atomic E-state index is 0.209. The predicted octanol–water partition coefficient (Wildman–Crippen LogP) is 3.76. The monoisotopic (exact) mass is 422 g/mol. The van der Waals surface area contributed by atoms with Gasteiger partial charge in [-0.1, -0.05) is 23.2 Å².